The van der Waals surface area contributed by atoms with Crippen molar-refractivity contribution in [3.05, 3.63) is 0 Å². The van der Waals surface area contributed by atoms with Gasteiger partial charge in [-0.3, -0.25) is 0 Å². The minimum Gasteiger partial charge on any atom is -0.335 e. The van der Waals surface area contributed by atoms with E-state index in [1.807, 2.05) is 7.05 Å². The predicted molar refractivity (Wildman–Crippen MR) is 64.4 cm³/mol. The number of likely N-dealkylation sites (tertiary alicyclic amines) is 1. The smallest absolute Gasteiger partial charge is 0.316 e. The Kier molecular flexibility index (Phi) is 3.53. The summed E-state index contributed by atoms with van der Waals surface area (Å²) < 4.78 is 0. The second-order valence-corrected chi connectivity index (χ2v) is 5.22. The van der Waals surface area contributed by atoms with Crippen LogP contribution in [-0.2, 0) is 0 Å². The molecule has 2 amide bonds. The molecule has 5 nitrogen and oxygen atoms in total. The minimum atomic E-state index is -0.666. The summed E-state index contributed by atoms with van der Waals surface area (Å²) in [6, 6.07) is 2.42. The van der Waals surface area contributed by atoms with E-state index in [4.69, 9.17) is 0 Å². The summed E-state index contributed by atoms with van der Waals surface area (Å²) in [4.78, 5) is 14.0. The van der Waals surface area contributed by atoms with Crippen LogP contribution in [0.4, 0.5) is 4.79 Å². The van der Waals surface area contributed by atoms with Crippen LogP contribution in [0.3, 0.4) is 0 Å². The molecule has 5 heteroatoms. The number of urea groups is 1. The van der Waals surface area contributed by atoms with E-state index in [1.165, 1.54) is 6.42 Å². The number of amides is 2. The van der Waals surface area contributed by atoms with Crippen LogP contribution in [0.1, 0.15) is 32.1 Å². The van der Waals surface area contributed by atoms with Crippen molar-refractivity contribution in [3.8, 4) is 6.07 Å². The largest absolute Gasteiger partial charge is 0.335 e. The molecule has 1 aliphatic carbocycles. The van der Waals surface area contributed by atoms with Crippen molar-refractivity contribution >= 4 is 6.03 Å². The highest BCUT2D eigenvalue weighted by molar-refractivity contribution is 5.75. The molecule has 2 rings (SSSR count). The van der Waals surface area contributed by atoms with E-state index >= 15 is 0 Å². The number of nitrogens with zero attached hydrogens (tertiary/aromatic N) is 2. The molecule has 0 aromatic carbocycles. The summed E-state index contributed by atoms with van der Waals surface area (Å²) in [6.45, 7) is 1.72. The van der Waals surface area contributed by atoms with Crippen LogP contribution >= 0.6 is 0 Å². The summed E-state index contributed by atoms with van der Waals surface area (Å²) in [7, 11) is 2.04. The van der Waals surface area contributed by atoms with E-state index in [9.17, 15) is 10.1 Å². The monoisotopic (exact) mass is 236 g/mol. The molecule has 2 fully saturated rings. The van der Waals surface area contributed by atoms with Gasteiger partial charge in [0, 0.05) is 19.1 Å². The summed E-state index contributed by atoms with van der Waals surface area (Å²) in [5, 5.41) is 15.1. The quantitative estimate of drug-likeness (QED) is 0.746. The molecule has 0 spiro atoms. The molecule has 0 bridgehead atoms. The number of carbonyl (C=O) groups is 1. The number of piperidine rings is 1. The molecule has 2 aliphatic rings. The molecule has 0 aromatic rings. The molecule has 1 saturated carbocycles. The average molecular weight is 236 g/mol. The third kappa shape index (κ3) is 2.89. The van der Waals surface area contributed by atoms with Crippen molar-refractivity contribution < 1.29 is 4.79 Å². The zero-order valence-electron chi connectivity index (χ0n) is 10.3. The number of rotatable bonds is 2. The number of hydrogen-bond donors (Lipinski definition) is 2. The minimum absolute atomic E-state index is 0.180. The lowest BCUT2D eigenvalue weighted by Crippen LogP contribution is -2.58. The third-order valence-electron chi connectivity index (χ3n) is 3.85. The van der Waals surface area contributed by atoms with Crippen molar-refractivity contribution in [2.75, 3.05) is 20.1 Å². The molecular formula is C12H20N4O. The first-order valence-electron chi connectivity index (χ1n) is 6.32. The highest BCUT2D eigenvalue weighted by atomic mass is 16.2. The molecule has 1 heterocycles. The second-order valence-electron chi connectivity index (χ2n) is 5.22. The molecule has 0 unspecified atom stereocenters. The van der Waals surface area contributed by atoms with Gasteiger partial charge in [-0.25, -0.2) is 4.79 Å². The van der Waals surface area contributed by atoms with E-state index in [2.05, 4.69) is 21.6 Å². The Labute approximate surface area is 102 Å². The molecule has 1 aliphatic heterocycles. The summed E-state index contributed by atoms with van der Waals surface area (Å²) in [5.41, 5.74) is -0.666. The van der Waals surface area contributed by atoms with Crippen LogP contribution in [0.15, 0.2) is 0 Å². The van der Waals surface area contributed by atoms with Gasteiger partial charge in [-0.1, -0.05) is 0 Å². The Hall–Kier alpha value is -1.28. The Morgan fingerprint density at radius 1 is 1.41 bits per heavy atom. The van der Waals surface area contributed by atoms with Crippen LogP contribution in [0.5, 0.6) is 0 Å². The van der Waals surface area contributed by atoms with E-state index in [1.54, 1.807) is 0 Å². The van der Waals surface area contributed by atoms with Crippen molar-refractivity contribution in [2.45, 2.75) is 43.7 Å². The van der Waals surface area contributed by atoms with Crippen LogP contribution in [0.2, 0.25) is 0 Å². The van der Waals surface area contributed by atoms with Gasteiger partial charge in [0.1, 0.15) is 5.54 Å². The van der Waals surface area contributed by atoms with Gasteiger partial charge in [-0.2, -0.15) is 5.26 Å². The molecule has 2 N–H and O–H groups in total. The maximum absolute atomic E-state index is 11.8. The van der Waals surface area contributed by atoms with Crippen LogP contribution in [0.25, 0.3) is 0 Å². The number of carbonyl (C=O) groups excluding carboxylic acids is 1. The van der Waals surface area contributed by atoms with Gasteiger partial charge >= 0.3 is 6.03 Å². The first kappa shape index (κ1) is 12.2. The normalized spacial score (nSPS) is 24.5. The van der Waals surface area contributed by atoms with Crippen molar-refractivity contribution in [2.24, 2.45) is 0 Å². The Bertz CT molecular complexity index is 324. The molecule has 1 saturated heterocycles. The van der Waals surface area contributed by atoms with Crippen LogP contribution < -0.4 is 10.6 Å². The molecular weight excluding hydrogens is 216 g/mol. The maximum Gasteiger partial charge on any atom is 0.316 e. The summed E-state index contributed by atoms with van der Waals surface area (Å²) >= 11 is 0. The molecule has 0 atom stereocenters. The average Bonchev–Trinajstić information content (AvgIpc) is 2.27. The highest BCUT2D eigenvalue weighted by Crippen LogP contribution is 2.21. The highest BCUT2D eigenvalue weighted by Gasteiger charge is 2.35. The van der Waals surface area contributed by atoms with Crippen molar-refractivity contribution in [3.63, 3.8) is 0 Å². The van der Waals surface area contributed by atoms with Gasteiger partial charge in [-0.05, 0) is 39.2 Å². The zero-order valence-corrected chi connectivity index (χ0v) is 10.3. The van der Waals surface area contributed by atoms with Gasteiger partial charge in [0.2, 0.25) is 0 Å². The Balaban J connectivity index is 1.85. The van der Waals surface area contributed by atoms with Crippen LogP contribution in [-0.4, -0.2) is 42.6 Å². The maximum atomic E-state index is 11.8. The van der Waals surface area contributed by atoms with E-state index in [0.717, 1.165) is 25.9 Å². The van der Waals surface area contributed by atoms with Crippen molar-refractivity contribution in [1.29, 1.82) is 5.26 Å². The number of nitrogens with one attached hydrogen (secondary N) is 2. The lowest BCUT2D eigenvalue weighted by atomic mass is 9.89. The summed E-state index contributed by atoms with van der Waals surface area (Å²) in [6.07, 6.45) is 4.74. The van der Waals surface area contributed by atoms with E-state index < -0.39 is 5.54 Å². The first-order valence-corrected chi connectivity index (χ1v) is 6.32. The fraction of sp³-hybridized carbons (Fsp3) is 0.833. The van der Waals surface area contributed by atoms with Crippen molar-refractivity contribution in [1.82, 2.24) is 15.5 Å². The number of nitriles is 1. The molecule has 94 valence electrons. The summed E-state index contributed by atoms with van der Waals surface area (Å²) in [5.74, 6) is 0. The SMILES string of the molecule is CN1CCC(C#N)(NC(=O)NC2CCC2)CC1. The lowest BCUT2D eigenvalue weighted by Gasteiger charge is -2.37. The molecule has 0 aromatic heterocycles. The van der Waals surface area contributed by atoms with Gasteiger partial charge < -0.3 is 15.5 Å². The van der Waals surface area contributed by atoms with Crippen LogP contribution in [0, 0.1) is 11.3 Å². The first-order chi connectivity index (χ1) is 8.13. The molecule has 0 radical (unpaired) electrons. The van der Waals surface area contributed by atoms with Gasteiger partial charge in [-0.15, -0.1) is 0 Å². The fourth-order valence-corrected chi connectivity index (χ4v) is 2.26. The lowest BCUT2D eigenvalue weighted by molar-refractivity contribution is 0.183. The van der Waals surface area contributed by atoms with Gasteiger partial charge in [0.15, 0.2) is 0 Å². The molecule has 17 heavy (non-hydrogen) atoms. The predicted octanol–water partition coefficient (Wildman–Crippen LogP) is 0.826. The van der Waals surface area contributed by atoms with Gasteiger partial charge in [0.25, 0.3) is 0 Å². The fourth-order valence-electron chi connectivity index (χ4n) is 2.26. The number of hydrogen-bond acceptors (Lipinski definition) is 3. The third-order valence-corrected chi connectivity index (χ3v) is 3.85. The zero-order chi connectivity index (χ0) is 12.3. The second kappa shape index (κ2) is 4.92. The standard InChI is InChI=1S/C12H20N4O/c1-16-7-5-12(9-13,6-8-16)15-11(17)14-10-3-2-4-10/h10H,2-8H2,1H3,(H2,14,15,17). The Morgan fingerprint density at radius 3 is 2.53 bits per heavy atom. The van der Waals surface area contributed by atoms with E-state index in [-0.39, 0.29) is 6.03 Å². The van der Waals surface area contributed by atoms with E-state index in [0.29, 0.717) is 18.9 Å². The van der Waals surface area contributed by atoms with Gasteiger partial charge in [0.05, 0.1) is 6.07 Å². The Morgan fingerprint density at radius 2 is 2.06 bits per heavy atom. The topological polar surface area (TPSA) is 68.2 Å².